The first kappa shape index (κ1) is 15.6. The van der Waals surface area contributed by atoms with Crippen molar-refractivity contribution in [3.63, 3.8) is 0 Å². The van der Waals surface area contributed by atoms with E-state index in [0.717, 1.165) is 11.1 Å². The van der Waals surface area contributed by atoms with Gasteiger partial charge in [-0.1, -0.05) is 0 Å². The van der Waals surface area contributed by atoms with Gasteiger partial charge in [-0.15, -0.1) is 0 Å². The number of fused-ring (bicyclic) bond motifs is 1. The van der Waals surface area contributed by atoms with Gasteiger partial charge in [-0.05, 0) is 57.4 Å². The largest absolute Gasteiger partial charge is 0.494 e. The number of benzene rings is 1. The highest BCUT2D eigenvalue weighted by molar-refractivity contribution is 5.69. The molecule has 1 unspecified atom stereocenters. The van der Waals surface area contributed by atoms with Crippen molar-refractivity contribution in [2.45, 2.75) is 45.8 Å². The van der Waals surface area contributed by atoms with Gasteiger partial charge in [-0.3, -0.25) is 0 Å². The van der Waals surface area contributed by atoms with Gasteiger partial charge in [-0.25, -0.2) is 9.18 Å². The Morgan fingerprint density at radius 3 is 2.62 bits per heavy atom. The topological polar surface area (TPSA) is 38.8 Å². The standard InChI is InChI=1S/C16H22FNO3/c1-10-12-9-14(20-5)13(17)8-11(12)6-7-18(10)15(19)21-16(2,3)4/h8-10H,6-7H2,1-5H3. The summed E-state index contributed by atoms with van der Waals surface area (Å²) in [5.74, 6) is -0.166. The van der Waals surface area contributed by atoms with E-state index in [-0.39, 0.29) is 23.7 Å². The third-order valence-electron chi connectivity index (χ3n) is 3.58. The number of rotatable bonds is 1. The Hall–Kier alpha value is -1.78. The van der Waals surface area contributed by atoms with Crippen LogP contribution in [0.2, 0.25) is 0 Å². The van der Waals surface area contributed by atoms with Crippen LogP contribution in [0.5, 0.6) is 5.75 Å². The van der Waals surface area contributed by atoms with Crippen molar-refractivity contribution in [3.8, 4) is 5.75 Å². The number of hydrogen-bond acceptors (Lipinski definition) is 3. The number of halogens is 1. The smallest absolute Gasteiger partial charge is 0.410 e. The molecule has 1 aliphatic heterocycles. The molecule has 0 aliphatic carbocycles. The normalized spacial score (nSPS) is 18.2. The molecule has 1 amide bonds. The van der Waals surface area contributed by atoms with Crippen LogP contribution in [0.4, 0.5) is 9.18 Å². The molecule has 5 heteroatoms. The molecule has 0 saturated carbocycles. The highest BCUT2D eigenvalue weighted by atomic mass is 19.1. The second kappa shape index (κ2) is 5.54. The fourth-order valence-electron chi connectivity index (χ4n) is 2.54. The lowest BCUT2D eigenvalue weighted by Gasteiger charge is -2.36. The van der Waals surface area contributed by atoms with Gasteiger partial charge in [0.2, 0.25) is 0 Å². The third-order valence-corrected chi connectivity index (χ3v) is 3.58. The summed E-state index contributed by atoms with van der Waals surface area (Å²) in [5, 5.41) is 0. The Morgan fingerprint density at radius 2 is 2.05 bits per heavy atom. The van der Waals surface area contributed by atoms with E-state index in [1.54, 1.807) is 11.0 Å². The van der Waals surface area contributed by atoms with Crippen LogP contribution in [0.25, 0.3) is 0 Å². The maximum atomic E-state index is 13.8. The van der Waals surface area contributed by atoms with Crippen molar-refractivity contribution < 1.29 is 18.7 Å². The Labute approximate surface area is 124 Å². The van der Waals surface area contributed by atoms with Crippen molar-refractivity contribution in [2.24, 2.45) is 0 Å². The van der Waals surface area contributed by atoms with Gasteiger partial charge >= 0.3 is 6.09 Å². The minimum Gasteiger partial charge on any atom is -0.494 e. The van der Waals surface area contributed by atoms with E-state index >= 15 is 0 Å². The van der Waals surface area contributed by atoms with Crippen molar-refractivity contribution in [1.29, 1.82) is 0 Å². The van der Waals surface area contributed by atoms with Crippen LogP contribution < -0.4 is 4.74 Å². The molecule has 0 fully saturated rings. The van der Waals surface area contributed by atoms with Crippen molar-refractivity contribution >= 4 is 6.09 Å². The molecule has 116 valence electrons. The van der Waals surface area contributed by atoms with E-state index < -0.39 is 5.60 Å². The summed E-state index contributed by atoms with van der Waals surface area (Å²) in [6.45, 7) is 7.96. The second-order valence-corrected chi connectivity index (χ2v) is 6.29. The third kappa shape index (κ3) is 3.28. The highest BCUT2D eigenvalue weighted by Gasteiger charge is 2.31. The second-order valence-electron chi connectivity index (χ2n) is 6.29. The van der Waals surface area contributed by atoms with E-state index in [1.807, 2.05) is 27.7 Å². The lowest BCUT2D eigenvalue weighted by atomic mass is 9.93. The number of amides is 1. The van der Waals surface area contributed by atoms with Gasteiger partial charge in [0.1, 0.15) is 5.60 Å². The van der Waals surface area contributed by atoms with E-state index in [2.05, 4.69) is 0 Å². The Morgan fingerprint density at radius 1 is 1.38 bits per heavy atom. The molecule has 0 radical (unpaired) electrons. The minimum atomic E-state index is -0.530. The lowest BCUT2D eigenvalue weighted by Crippen LogP contribution is -2.42. The molecule has 0 aromatic heterocycles. The van der Waals surface area contributed by atoms with Crippen LogP contribution in [0.3, 0.4) is 0 Å². The minimum absolute atomic E-state index is 0.168. The summed E-state index contributed by atoms with van der Waals surface area (Å²) >= 11 is 0. The van der Waals surface area contributed by atoms with Crippen LogP contribution in [0.15, 0.2) is 12.1 Å². The van der Waals surface area contributed by atoms with E-state index in [1.165, 1.54) is 13.2 Å². The van der Waals surface area contributed by atoms with Gasteiger partial charge in [-0.2, -0.15) is 0 Å². The molecule has 0 spiro atoms. The SMILES string of the molecule is COc1cc2c(cc1F)CCN(C(=O)OC(C)(C)C)C2C. The quantitative estimate of drug-likeness (QED) is 0.793. The number of carbonyl (C=O) groups is 1. The zero-order chi connectivity index (χ0) is 15.8. The molecule has 1 heterocycles. The lowest BCUT2D eigenvalue weighted by molar-refractivity contribution is 0.0159. The molecule has 1 atom stereocenters. The monoisotopic (exact) mass is 295 g/mol. The number of hydrogen-bond donors (Lipinski definition) is 0. The summed E-state index contributed by atoms with van der Waals surface area (Å²) in [5.41, 5.74) is 1.29. The molecule has 21 heavy (non-hydrogen) atoms. The first-order valence-electron chi connectivity index (χ1n) is 7.09. The summed E-state index contributed by atoms with van der Waals surface area (Å²) < 4.78 is 24.2. The van der Waals surface area contributed by atoms with Crippen molar-refractivity contribution in [2.75, 3.05) is 13.7 Å². The predicted molar refractivity (Wildman–Crippen MR) is 78.0 cm³/mol. The van der Waals surface area contributed by atoms with Crippen LogP contribution in [-0.4, -0.2) is 30.2 Å². The molecule has 0 N–H and O–H groups in total. The Bertz CT molecular complexity index is 551. The van der Waals surface area contributed by atoms with Crippen LogP contribution in [0, 0.1) is 5.82 Å². The molecular weight excluding hydrogens is 273 g/mol. The molecule has 4 nitrogen and oxygen atoms in total. The van der Waals surface area contributed by atoms with Gasteiger partial charge in [0.05, 0.1) is 13.2 Å². The number of nitrogens with zero attached hydrogens (tertiary/aromatic N) is 1. The Balaban J connectivity index is 2.27. The first-order chi connectivity index (χ1) is 9.73. The van der Waals surface area contributed by atoms with Crippen LogP contribution >= 0.6 is 0 Å². The molecule has 0 bridgehead atoms. The fraction of sp³-hybridized carbons (Fsp3) is 0.562. The molecule has 1 aliphatic rings. The first-order valence-corrected chi connectivity index (χ1v) is 7.09. The van der Waals surface area contributed by atoms with E-state index in [9.17, 15) is 9.18 Å². The average Bonchev–Trinajstić information content (AvgIpc) is 2.36. The predicted octanol–water partition coefficient (Wildman–Crippen LogP) is 3.69. The zero-order valence-electron chi connectivity index (χ0n) is 13.2. The summed E-state index contributed by atoms with van der Waals surface area (Å²) in [7, 11) is 1.43. The van der Waals surface area contributed by atoms with Crippen LogP contribution in [-0.2, 0) is 11.2 Å². The number of ether oxygens (including phenoxy) is 2. The fourth-order valence-corrected chi connectivity index (χ4v) is 2.54. The van der Waals surface area contributed by atoms with Gasteiger partial charge in [0.25, 0.3) is 0 Å². The molecule has 1 aromatic carbocycles. The van der Waals surface area contributed by atoms with Gasteiger partial charge in [0, 0.05) is 6.54 Å². The molecule has 1 aromatic rings. The molecular formula is C16H22FNO3. The van der Waals surface area contributed by atoms with Gasteiger partial charge in [0.15, 0.2) is 11.6 Å². The Kier molecular flexibility index (Phi) is 4.12. The number of methoxy groups -OCH3 is 1. The maximum Gasteiger partial charge on any atom is 0.410 e. The molecule has 0 saturated heterocycles. The average molecular weight is 295 g/mol. The number of carbonyl (C=O) groups excluding carboxylic acids is 1. The van der Waals surface area contributed by atoms with E-state index in [0.29, 0.717) is 13.0 Å². The van der Waals surface area contributed by atoms with Crippen molar-refractivity contribution in [1.82, 2.24) is 4.90 Å². The highest BCUT2D eigenvalue weighted by Crippen LogP contribution is 2.34. The van der Waals surface area contributed by atoms with E-state index in [4.69, 9.17) is 9.47 Å². The summed E-state index contributed by atoms with van der Waals surface area (Å²) in [4.78, 5) is 13.9. The van der Waals surface area contributed by atoms with Gasteiger partial charge < -0.3 is 14.4 Å². The van der Waals surface area contributed by atoms with Crippen molar-refractivity contribution in [3.05, 3.63) is 29.1 Å². The zero-order valence-corrected chi connectivity index (χ0v) is 13.2. The summed E-state index contributed by atoms with van der Waals surface area (Å²) in [6, 6.07) is 3.00. The van der Waals surface area contributed by atoms with Crippen LogP contribution in [0.1, 0.15) is 44.9 Å². The molecule has 2 rings (SSSR count). The summed E-state index contributed by atoms with van der Waals surface area (Å²) in [6.07, 6.45) is 0.267. The maximum absolute atomic E-state index is 13.8.